The summed E-state index contributed by atoms with van der Waals surface area (Å²) in [6, 6.07) is 5.57. The van der Waals surface area contributed by atoms with Crippen molar-refractivity contribution >= 4 is 23.3 Å². The molecule has 0 saturated carbocycles. The summed E-state index contributed by atoms with van der Waals surface area (Å²) >= 11 is 0. The molecule has 1 saturated heterocycles. The smallest absolute Gasteiger partial charge is 0.257 e. The third kappa shape index (κ3) is 3.88. The van der Waals surface area contributed by atoms with E-state index in [0.717, 1.165) is 37.4 Å². The van der Waals surface area contributed by atoms with Gasteiger partial charge in [0.15, 0.2) is 0 Å². The molecule has 9 nitrogen and oxygen atoms in total. The minimum Gasteiger partial charge on any atom is -0.368 e. The number of anilines is 2. The highest BCUT2D eigenvalue weighted by molar-refractivity contribution is 5.98. The van der Waals surface area contributed by atoms with Crippen LogP contribution in [0.5, 0.6) is 0 Å². The first kappa shape index (κ1) is 18.1. The zero-order valence-corrected chi connectivity index (χ0v) is 15.9. The second-order valence-electron chi connectivity index (χ2n) is 6.86. The van der Waals surface area contributed by atoms with Gasteiger partial charge in [-0.25, -0.2) is 9.97 Å². The summed E-state index contributed by atoms with van der Waals surface area (Å²) in [5, 5.41) is 10.8. The SMILES string of the molecule is Cc1cc(NCCNc2ncccc2C(=O)N2CCCCC2)n2ncnc2n1. The minimum absolute atomic E-state index is 0.0531. The summed E-state index contributed by atoms with van der Waals surface area (Å²) in [5.41, 5.74) is 1.50. The van der Waals surface area contributed by atoms with Crippen LogP contribution < -0.4 is 10.6 Å². The highest BCUT2D eigenvalue weighted by Gasteiger charge is 2.21. The average Bonchev–Trinajstić information content (AvgIpc) is 3.20. The normalized spacial score (nSPS) is 14.2. The largest absolute Gasteiger partial charge is 0.368 e. The molecule has 146 valence electrons. The van der Waals surface area contributed by atoms with E-state index < -0.39 is 0 Å². The van der Waals surface area contributed by atoms with Crippen LogP contribution in [0.15, 0.2) is 30.7 Å². The number of piperidine rings is 1. The molecule has 0 aliphatic carbocycles. The number of amides is 1. The van der Waals surface area contributed by atoms with E-state index in [-0.39, 0.29) is 5.91 Å². The van der Waals surface area contributed by atoms with Crippen molar-refractivity contribution in [3.63, 3.8) is 0 Å². The highest BCUT2D eigenvalue weighted by atomic mass is 16.2. The van der Waals surface area contributed by atoms with Gasteiger partial charge in [0.2, 0.25) is 0 Å². The second kappa shape index (κ2) is 8.20. The Hall–Kier alpha value is -3.23. The number of rotatable bonds is 6. The summed E-state index contributed by atoms with van der Waals surface area (Å²) in [7, 11) is 0. The predicted octanol–water partition coefficient (Wildman–Crippen LogP) is 1.98. The quantitative estimate of drug-likeness (QED) is 0.631. The molecule has 28 heavy (non-hydrogen) atoms. The third-order valence-electron chi connectivity index (χ3n) is 4.78. The van der Waals surface area contributed by atoms with Gasteiger partial charge < -0.3 is 15.5 Å². The predicted molar refractivity (Wildman–Crippen MR) is 106 cm³/mol. The van der Waals surface area contributed by atoms with Gasteiger partial charge >= 0.3 is 0 Å². The Balaban J connectivity index is 1.39. The molecule has 3 aromatic heterocycles. The van der Waals surface area contributed by atoms with Crippen LogP contribution >= 0.6 is 0 Å². The fourth-order valence-corrected chi connectivity index (χ4v) is 3.41. The molecule has 2 N–H and O–H groups in total. The topological polar surface area (TPSA) is 100 Å². The van der Waals surface area contributed by atoms with Crippen LogP contribution in [-0.2, 0) is 0 Å². The lowest BCUT2D eigenvalue weighted by atomic mass is 10.1. The van der Waals surface area contributed by atoms with Crippen LogP contribution in [0.3, 0.4) is 0 Å². The molecule has 4 rings (SSSR count). The van der Waals surface area contributed by atoms with Crippen molar-refractivity contribution < 1.29 is 4.79 Å². The van der Waals surface area contributed by atoms with Crippen molar-refractivity contribution in [1.82, 2.24) is 29.5 Å². The Kier molecular flexibility index (Phi) is 5.31. The zero-order valence-electron chi connectivity index (χ0n) is 15.9. The number of nitrogens with zero attached hydrogens (tertiary/aromatic N) is 6. The van der Waals surface area contributed by atoms with Crippen molar-refractivity contribution in [2.45, 2.75) is 26.2 Å². The lowest BCUT2D eigenvalue weighted by Crippen LogP contribution is -2.36. The number of hydrogen-bond acceptors (Lipinski definition) is 7. The van der Waals surface area contributed by atoms with E-state index >= 15 is 0 Å². The monoisotopic (exact) mass is 380 g/mol. The van der Waals surface area contributed by atoms with Crippen molar-refractivity contribution in [2.75, 3.05) is 36.8 Å². The Morgan fingerprint density at radius 2 is 1.96 bits per heavy atom. The maximum absolute atomic E-state index is 12.8. The molecular weight excluding hydrogens is 356 g/mol. The Labute approximate surface area is 163 Å². The Morgan fingerprint density at radius 3 is 2.82 bits per heavy atom. The number of pyridine rings is 1. The van der Waals surface area contributed by atoms with E-state index in [4.69, 9.17) is 0 Å². The maximum Gasteiger partial charge on any atom is 0.257 e. The molecule has 1 fully saturated rings. The van der Waals surface area contributed by atoms with E-state index in [9.17, 15) is 4.79 Å². The number of aryl methyl sites for hydroxylation is 1. The van der Waals surface area contributed by atoms with Gasteiger partial charge in [0.05, 0.1) is 5.56 Å². The molecule has 0 radical (unpaired) electrons. The fraction of sp³-hybridized carbons (Fsp3) is 0.421. The average molecular weight is 380 g/mol. The van der Waals surface area contributed by atoms with Crippen LogP contribution in [0.1, 0.15) is 35.3 Å². The summed E-state index contributed by atoms with van der Waals surface area (Å²) in [6.45, 7) is 4.81. The third-order valence-corrected chi connectivity index (χ3v) is 4.78. The summed E-state index contributed by atoms with van der Waals surface area (Å²) in [5.74, 6) is 2.07. The van der Waals surface area contributed by atoms with Gasteiger partial charge in [0.1, 0.15) is 18.0 Å². The van der Waals surface area contributed by atoms with Crippen LogP contribution in [0.4, 0.5) is 11.6 Å². The summed E-state index contributed by atoms with van der Waals surface area (Å²) in [6.07, 6.45) is 6.52. The van der Waals surface area contributed by atoms with Gasteiger partial charge in [-0.3, -0.25) is 4.79 Å². The lowest BCUT2D eigenvalue weighted by molar-refractivity contribution is 0.0725. The highest BCUT2D eigenvalue weighted by Crippen LogP contribution is 2.18. The Morgan fingerprint density at radius 1 is 1.14 bits per heavy atom. The van der Waals surface area contributed by atoms with Crippen molar-refractivity contribution in [1.29, 1.82) is 0 Å². The molecule has 4 heterocycles. The van der Waals surface area contributed by atoms with E-state index in [1.165, 1.54) is 12.7 Å². The first-order valence-corrected chi connectivity index (χ1v) is 9.62. The molecule has 0 spiro atoms. The van der Waals surface area contributed by atoms with Gasteiger partial charge in [-0.15, -0.1) is 0 Å². The molecule has 0 bridgehead atoms. The number of fused-ring (bicyclic) bond motifs is 1. The van der Waals surface area contributed by atoms with Gasteiger partial charge in [-0.05, 0) is 38.3 Å². The lowest BCUT2D eigenvalue weighted by Gasteiger charge is -2.27. The number of carbonyl (C=O) groups excluding carboxylic acids is 1. The first-order chi connectivity index (χ1) is 13.7. The van der Waals surface area contributed by atoms with Gasteiger partial charge in [0.25, 0.3) is 11.7 Å². The minimum atomic E-state index is 0.0531. The van der Waals surface area contributed by atoms with Crippen molar-refractivity contribution in [3.05, 3.63) is 42.0 Å². The second-order valence-corrected chi connectivity index (χ2v) is 6.86. The fourth-order valence-electron chi connectivity index (χ4n) is 3.41. The molecule has 1 amide bonds. The molecule has 0 atom stereocenters. The number of carbonyl (C=O) groups is 1. The van der Waals surface area contributed by atoms with Crippen molar-refractivity contribution in [3.8, 4) is 0 Å². The molecule has 0 aromatic carbocycles. The van der Waals surface area contributed by atoms with Crippen LogP contribution in [0, 0.1) is 6.92 Å². The van der Waals surface area contributed by atoms with Gasteiger partial charge in [-0.1, -0.05) is 0 Å². The van der Waals surface area contributed by atoms with Gasteiger partial charge in [0, 0.05) is 44.1 Å². The molecule has 3 aromatic rings. The number of aromatic nitrogens is 5. The number of likely N-dealkylation sites (tertiary alicyclic amines) is 1. The molecule has 9 heteroatoms. The van der Waals surface area contributed by atoms with E-state index in [0.29, 0.717) is 30.2 Å². The standard InChI is InChI=1S/C19H24N8O/c1-14-12-16(27-19(25-14)23-13-24-27)20-8-9-22-17-15(6-5-7-21-17)18(28)26-10-3-2-4-11-26/h5-7,12-13,20H,2-4,8-11H2,1H3,(H,21,22). The van der Waals surface area contributed by atoms with Crippen LogP contribution in [0.2, 0.25) is 0 Å². The van der Waals surface area contributed by atoms with E-state index in [1.54, 1.807) is 10.7 Å². The first-order valence-electron chi connectivity index (χ1n) is 9.62. The molecule has 0 unspecified atom stereocenters. The van der Waals surface area contributed by atoms with Crippen LogP contribution in [-0.4, -0.2) is 61.6 Å². The van der Waals surface area contributed by atoms with Crippen LogP contribution in [0.25, 0.3) is 5.78 Å². The summed E-state index contributed by atoms with van der Waals surface area (Å²) in [4.78, 5) is 27.6. The molecule has 1 aliphatic heterocycles. The Bertz CT molecular complexity index is 963. The summed E-state index contributed by atoms with van der Waals surface area (Å²) < 4.78 is 1.67. The maximum atomic E-state index is 12.8. The van der Waals surface area contributed by atoms with E-state index in [1.807, 2.05) is 30.0 Å². The zero-order chi connectivity index (χ0) is 19.3. The van der Waals surface area contributed by atoms with E-state index in [2.05, 4.69) is 30.7 Å². The molecule has 1 aliphatic rings. The molecular formula is C19H24N8O. The van der Waals surface area contributed by atoms with Crippen molar-refractivity contribution in [2.24, 2.45) is 0 Å². The van der Waals surface area contributed by atoms with Gasteiger partial charge in [-0.2, -0.15) is 14.6 Å². The number of nitrogens with one attached hydrogen (secondary N) is 2. The number of hydrogen-bond donors (Lipinski definition) is 2.